The largest absolute Gasteiger partial charge is 0.534 e. The Morgan fingerprint density at radius 2 is 1.52 bits per heavy atom. The van der Waals surface area contributed by atoms with Crippen molar-refractivity contribution < 1.29 is 34.6 Å². The Balaban J connectivity index is 2.64. The van der Waals surface area contributed by atoms with E-state index in [0.717, 1.165) is 31.2 Å². The van der Waals surface area contributed by atoms with Gasteiger partial charge in [0.15, 0.2) is 16.6 Å². The summed E-state index contributed by atoms with van der Waals surface area (Å²) in [7, 11) is -10.5. The number of halogens is 3. The van der Waals surface area contributed by atoms with Crippen molar-refractivity contribution in [2.24, 2.45) is 5.92 Å². The molecule has 1 aliphatic carbocycles. The summed E-state index contributed by atoms with van der Waals surface area (Å²) in [5.41, 5.74) is -4.42. The highest BCUT2D eigenvalue weighted by Crippen LogP contribution is 2.48. The number of thioether (sulfide) groups is 1. The second kappa shape index (κ2) is 16.1. The predicted molar refractivity (Wildman–Crippen MR) is 191 cm³/mol. The first-order valence-corrected chi connectivity index (χ1v) is 24.6. The van der Waals surface area contributed by atoms with Crippen LogP contribution in [0.2, 0.25) is 36.3 Å². The van der Waals surface area contributed by atoms with Crippen LogP contribution in [0.15, 0.2) is 53.1 Å². The molecular weight excluding hydrogens is 666 g/mol. The van der Waals surface area contributed by atoms with Crippen molar-refractivity contribution in [3.05, 3.63) is 58.7 Å². The fourth-order valence-electron chi connectivity index (χ4n) is 4.58. The number of unbranched alkanes of at least 4 members (excludes halogenated alkanes) is 3. The summed E-state index contributed by atoms with van der Waals surface area (Å²) in [6.07, 6.45) is 7.64. The zero-order valence-corrected chi connectivity index (χ0v) is 33.3. The summed E-state index contributed by atoms with van der Waals surface area (Å²) < 4.78 is 83.9. The zero-order chi connectivity index (χ0) is 35.2. The van der Waals surface area contributed by atoms with Crippen molar-refractivity contribution in [3.63, 3.8) is 0 Å². The molecule has 0 fully saturated rings. The van der Waals surface area contributed by atoms with Crippen LogP contribution < -0.4 is 0 Å². The Hall–Kier alpha value is -1.06. The van der Waals surface area contributed by atoms with Crippen LogP contribution in [0.5, 0.6) is 0 Å². The lowest BCUT2D eigenvalue weighted by atomic mass is 10.0. The molecule has 264 valence electrons. The molecule has 46 heavy (non-hydrogen) atoms. The highest BCUT2D eigenvalue weighted by Gasteiger charge is 2.51. The van der Waals surface area contributed by atoms with E-state index in [4.69, 9.17) is 13.0 Å². The van der Waals surface area contributed by atoms with Gasteiger partial charge in [-0.15, -0.1) is 11.8 Å². The molecule has 3 atom stereocenters. The van der Waals surface area contributed by atoms with Gasteiger partial charge in [0, 0.05) is 23.7 Å². The molecule has 1 unspecified atom stereocenters. The standard InChI is InChI=1S/C34H57F3O5S2Si2/c1-12-13-14-18-23-43-31-28(22-21-27(24-26-19-16-15-17-20-26)41-45(8,9)32(2,3)4)29(42-46(10,11)33(5,6)7)25-30(31)40-44(38,39)34(35,36)37/h15-17,19-22,27-29H,12-14,18,23-25H2,1-11H3/b22-21+/t27?,28-,29+/m0/s1. The lowest BCUT2D eigenvalue weighted by Gasteiger charge is -2.40. The van der Waals surface area contributed by atoms with E-state index in [0.29, 0.717) is 17.1 Å². The van der Waals surface area contributed by atoms with Gasteiger partial charge in [0.2, 0.25) is 0 Å². The minimum atomic E-state index is -5.84. The van der Waals surface area contributed by atoms with Gasteiger partial charge in [-0.05, 0) is 54.0 Å². The van der Waals surface area contributed by atoms with Crippen molar-refractivity contribution in [3.8, 4) is 0 Å². The minimum Gasteiger partial charge on any atom is -0.413 e. The molecule has 0 aliphatic heterocycles. The molecule has 0 bridgehead atoms. The average molecular weight is 723 g/mol. The molecule has 1 aromatic carbocycles. The molecule has 0 amide bonds. The van der Waals surface area contributed by atoms with Gasteiger partial charge in [-0.1, -0.05) is 110 Å². The highest BCUT2D eigenvalue weighted by molar-refractivity contribution is 8.03. The monoisotopic (exact) mass is 722 g/mol. The van der Waals surface area contributed by atoms with Crippen LogP contribution in [0, 0.1) is 5.92 Å². The fourth-order valence-corrected chi connectivity index (χ4v) is 9.04. The van der Waals surface area contributed by atoms with Gasteiger partial charge in [-0.2, -0.15) is 21.6 Å². The quantitative estimate of drug-likeness (QED) is 0.0557. The molecule has 0 saturated carbocycles. The van der Waals surface area contributed by atoms with E-state index >= 15 is 0 Å². The molecule has 0 heterocycles. The number of benzene rings is 1. The topological polar surface area (TPSA) is 61.8 Å². The van der Waals surface area contributed by atoms with Crippen molar-refractivity contribution >= 4 is 38.5 Å². The van der Waals surface area contributed by atoms with Crippen LogP contribution >= 0.6 is 11.8 Å². The second-order valence-corrected chi connectivity index (χ2v) is 27.5. The van der Waals surface area contributed by atoms with Crippen molar-refractivity contribution in [2.75, 3.05) is 5.75 Å². The highest BCUT2D eigenvalue weighted by atomic mass is 32.2. The van der Waals surface area contributed by atoms with Gasteiger partial charge in [0.25, 0.3) is 0 Å². The van der Waals surface area contributed by atoms with Crippen molar-refractivity contribution in [2.45, 2.75) is 141 Å². The first-order valence-electron chi connectivity index (χ1n) is 16.4. The summed E-state index contributed by atoms with van der Waals surface area (Å²) in [6, 6.07) is 10.1. The number of hydrogen-bond acceptors (Lipinski definition) is 6. The van der Waals surface area contributed by atoms with Crippen LogP contribution in [0.25, 0.3) is 0 Å². The average Bonchev–Trinajstić information content (AvgIpc) is 3.19. The van der Waals surface area contributed by atoms with Gasteiger partial charge in [0.1, 0.15) is 5.76 Å². The van der Waals surface area contributed by atoms with Gasteiger partial charge in [0.05, 0.1) is 12.2 Å². The third-order valence-corrected chi connectivity index (χ3v) is 20.7. The summed E-state index contributed by atoms with van der Waals surface area (Å²) in [5, 5.41) is -0.207. The van der Waals surface area contributed by atoms with E-state index in [9.17, 15) is 21.6 Å². The van der Waals surface area contributed by atoms with E-state index in [1.165, 1.54) is 11.8 Å². The molecule has 0 N–H and O–H groups in total. The lowest BCUT2D eigenvalue weighted by Crippen LogP contribution is -2.45. The molecule has 2 rings (SSSR count). The van der Waals surface area contributed by atoms with Crippen molar-refractivity contribution in [1.29, 1.82) is 0 Å². The second-order valence-electron chi connectivity index (χ2n) is 15.3. The van der Waals surface area contributed by atoms with Crippen molar-refractivity contribution in [1.82, 2.24) is 0 Å². The third-order valence-electron chi connectivity index (χ3n) is 9.43. The smallest absolute Gasteiger partial charge is 0.413 e. The Labute approximate surface area is 283 Å². The van der Waals surface area contributed by atoms with Gasteiger partial charge < -0.3 is 13.0 Å². The van der Waals surface area contributed by atoms with Gasteiger partial charge in [-0.3, -0.25) is 0 Å². The molecule has 5 nitrogen and oxygen atoms in total. The molecular formula is C34H57F3O5S2Si2. The first-order chi connectivity index (χ1) is 20.9. The number of alkyl halides is 3. The maximum absolute atomic E-state index is 13.5. The normalized spacial score (nSPS) is 19.7. The molecule has 0 radical (unpaired) electrons. The number of rotatable bonds is 16. The van der Waals surface area contributed by atoms with E-state index in [1.54, 1.807) is 0 Å². The zero-order valence-electron chi connectivity index (χ0n) is 29.7. The van der Waals surface area contributed by atoms with Crippen LogP contribution in [0.3, 0.4) is 0 Å². The van der Waals surface area contributed by atoms with E-state index in [1.807, 2.05) is 30.4 Å². The van der Waals surface area contributed by atoms with Crippen LogP contribution in [0.1, 0.15) is 86.1 Å². The van der Waals surface area contributed by atoms with E-state index in [-0.39, 0.29) is 28.4 Å². The first kappa shape index (κ1) is 41.1. The number of hydrogen-bond donors (Lipinski definition) is 0. The molecule has 1 aromatic rings. The Bertz CT molecular complexity index is 1280. The molecule has 12 heteroatoms. The van der Waals surface area contributed by atoms with Crippen LogP contribution in [0.4, 0.5) is 13.2 Å². The van der Waals surface area contributed by atoms with Gasteiger partial charge in [-0.25, -0.2) is 0 Å². The SMILES string of the molecule is CCCCCCSC1=C(OS(=O)(=O)C(F)(F)F)C[C@@H](O[Si](C)(C)C(C)(C)C)[C@@H]1/C=C/C(Cc1ccccc1)O[Si](C)(C)C(C)(C)C. The van der Waals surface area contributed by atoms with E-state index in [2.05, 4.69) is 86.8 Å². The van der Waals surface area contributed by atoms with Gasteiger partial charge >= 0.3 is 15.6 Å². The maximum Gasteiger partial charge on any atom is 0.534 e. The predicted octanol–water partition coefficient (Wildman–Crippen LogP) is 11.0. The Morgan fingerprint density at radius 3 is 2.04 bits per heavy atom. The Morgan fingerprint density at radius 1 is 0.935 bits per heavy atom. The maximum atomic E-state index is 13.5. The summed E-state index contributed by atoms with van der Waals surface area (Å²) >= 11 is 1.39. The molecule has 0 aromatic heterocycles. The lowest BCUT2D eigenvalue weighted by molar-refractivity contribution is -0.0524. The summed E-state index contributed by atoms with van der Waals surface area (Å²) in [6.45, 7) is 23.5. The summed E-state index contributed by atoms with van der Waals surface area (Å²) in [5.74, 6) is -0.00889. The van der Waals surface area contributed by atoms with Crippen LogP contribution in [-0.2, 0) is 29.6 Å². The third kappa shape index (κ3) is 11.5. The van der Waals surface area contributed by atoms with E-state index < -0.39 is 44.3 Å². The Kier molecular flexibility index (Phi) is 14.4. The molecule has 1 aliphatic rings. The molecule has 0 spiro atoms. The van der Waals surface area contributed by atoms with Crippen LogP contribution in [-0.4, -0.2) is 48.5 Å². The fraction of sp³-hybridized carbons (Fsp3) is 0.706. The minimum absolute atomic E-state index is 0.0382. The summed E-state index contributed by atoms with van der Waals surface area (Å²) in [4.78, 5) is 0.495. The molecule has 0 saturated heterocycles.